The topological polar surface area (TPSA) is 86.6 Å². The first-order valence-corrected chi connectivity index (χ1v) is 2.68. The van der Waals surface area contributed by atoms with Gasteiger partial charge >= 0.3 is 6.09 Å². The van der Waals surface area contributed by atoms with Crippen LogP contribution in [0, 0.1) is 0 Å². The van der Waals surface area contributed by atoms with Crippen molar-refractivity contribution in [1.29, 1.82) is 0 Å². The second-order valence-corrected chi connectivity index (χ2v) is 1.80. The first kappa shape index (κ1) is 8.90. The average Bonchev–Trinajstić information content (AvgIpc) is 1.81. The monoisotopic (exact) mass is 147 g/mol. The molecule has 0 aliphatic heterocycles. The van der Waals surface area contributed by atoms with Crippen molar-refractivity contribution in [2.24, 2.45) is 0 Å². The molecule has 5 nitrogen and oxygen atoms in total. The molecule has 0 saturated heterocycles. The number of hydrogen-bond donors (Lipinski definition) is 3. The second kappa shape index (κ2) is 3.84. The Labute approximate surface area is 57.7 Å². The van der Waals surface area contributed by atoms with Gasteiger partial charge < -0.3 is 15.5 Å². The zero-order chi connectivity index (χ0) is 8.15. The molecule has 0 aliphatic rings. The number of carbonyl (C=O) groups is 2. The molecule has 0 radical (unpaired) electrons. The Morgan fingerprint density at radius 1 is 1.60 bits per heavy atom. The minimum Gasteiger partial charge on any atom is -0.465 e. The van der Waals surface area contributed by atoms with Crippen LogP contribution < -0.4 is 5.32 Å². The van der Waals surface area contributed by atoms with Gasteiger partial charge in [-0.3, -0.25) is 4.79 Å². The van der Waals surface area contributed by atoms with E-state index in [0.717, 1.165) is 0 Å². The summed E-state index contributed by atoms with van der Waals surface area (Å²) in [5.41, 5.74) is 0. The highest BCUT2D eigenvalue weighted by atomic mass is 16.4. The minimum absolute atomic E-state index is 0.398. The van der Waals surface area contributed by atoms with Crippen LogP contribution in [0.15, 0.2) is 0 Å². The SMILES string of the molecule is CC(=O)C(CO)NC(=O)O. The molecule has 58 valence electrons. The van der Waals surface area contributed by atoms with Crippen LogP contribution in [0.3, 0.4) is 0 Å². The van der Waals surface area contributed by atoms with Crippen LogP contribution in [-0.4, -0.2) is 34.7 Å². The molecule has 0 aliphatic carbocycles. The lowest BCUT2D eigenvalue weighted by atomic mass is 10.2. The van der Waals surface area contributed by atoms with Crippen molar-refractivity contribution in [3.8, 4) is 0 Å². The molecule has 0 rings (SSSR count). The van der Waals surface area contributed by atoms with Crippen LogP contribution in [0.2, 0.25) is 0 Å². The first-order valence-electron chi connectivity index (χ1n) is 2.68. The van der Waals surface area contributed by atoms with Gasteiger partial charge in [-0.15, -0.1) is 0 Å². The van der Waals surface area contributed by atoms with E-state index in [4.69, 9.17) is 10.2 Å². The molecule has 0 bridgehead atoms. The third-order valence-electron chi connectivity index (χ3n) is 0.971. The molecule has 10 heavy (non-hydrogen) atoms. The fraction of sp³-hybridized carbons (Fsp3) is 0.600. The van der Waals surface area contributed by atoms with Gasteiger partial charge in [-0.2, -0.15) is 0 Å². The summed E-state index contributed by atoms with van der Waals surface area (Å²) in [4.78, 5) is 20.3. The van der Waals surface area contributed by atoms with Crippen molar-refractivity contribution >= 4 is 11.9 Å². The molecule has 3 N–H and O–H groups in total. The average molecular weight is 147 g/mol. The van der Waals surface area contributed by atoms with Crippen LogP contribution in [0.5, 0.6) is 0 Å². The summed E-state index contributed by atoms with van der Waals surface area (Å²) in [7, 11) is 0. The second-order valence-electron chi connectivity index (χ2n) is 1.80. The summed E-state index contributed by atoms with van der Waals surface area (Å²) in [6.07, 6.45) is -1.31. The molecule has 0 spiro atoms. The van der Waals surface area contributed by atoms with E-state index in [9.17, 15) is 9.59 Å². The third-order valence-corrected chi connectivity index (χ3v) is 0.971. The van der Waals surface area contributed by atoms with E-state index in [1.165, 1.54) is 6.92 Å². The summed E-state index contributed by atoms with van der Waals surface area (Å²) in [5.74, 6) is -0.398. The maximum absolute atomic E-state index is 10.4. The largest absolute Gasteiger partial charge is 0.465 e. The van der Waals surface area contributed by atoms with Gasteiger partial charge in [0.15, 0.2) is 5.78 Å². The van der Waals surface area contributed by atoms with Crippen molar-refractivity contribution < 1.29 is 19.8 Å². The predicted molar refractivity (Wildman–Crippen MR) is 32.7 cm³/mol. The number of aliphatic hydroxyl groups is 1. The van der Waals surface area contributed by atoms with Crippen molar-refractivity contribution in [2.75, 3.05) is 6.61 Å². The number of Topliss-reactive ketones (excluding diaryl/α,β-unsaturated/α-hetero) is 1. The standard InChI is InChI=1S/C5H9NO4/c1-3(8)4(2-7)6-5(9)10/h4,6-7H,2H2,1H3,(H,9,10). The Morgan fingerprint density at radius 3 is 2.20 bits per heavy atom. The van der Waals surface area contributed by atoms with Gasteiger partial charge in [0, 0.05) is 0 Å². The Bertz CT molecular complexity index is 145. The number of ketones is 1. The van der Waals surface area contributed by atoms with Gasteiger partial charge in [-0.05, 0) is 6.92 Å². The van der Waals surface area contributed by atoms with E-state index in [0.29, 0.717) is 0 Å². The molecule has 1 amide bonds. The molecule has 0 aromatic rings. The highest BCUT2D eigenvalue weighted by molar-refractivity contribution is 5.85. The highest BCUT2D eigenvalue weighted by Crippen LogP contribution is 1.82. The third kappa shape index (κ3) is 3.03. The predicted octanol–water partition coefficient (Wildman–Crippen LogP) is -0.796. The van der Waals surface area contributed by atoms with E-state index in [2.05, 4.69) is 0 Å². The van der Waals surface area contributed by atoms with Gasteiger partial charge in [0.05, 0.1) is 6.61 Å². The van der Waals surface area contributed by atoms with Crippen LogP contribution in [0.25, 0.3) is 0 Å². The van der Waals surface area contributed by atoms with Crippen LogP contribution in [0.4, 0.5) is 4.79 Å². The Balaban J connectivity index is 3.83. The smallest absolute Gasteiger partial charge is 0.405 e. The van der Waals surface area contributed by atoms with E-state index in [-0.39, 0.29) is 0 Å². The number of carbonyl (C=O) groups excluding carboxylic acids is 1. The maximum atomic E-state index is 10.4. The fourth-order valence-electron chi connectivity index (χ4n) is 0.425. The van der Waals surface area contributed by atoms with Crippen molar-refractivity contribution in [3.63, 3.8) is 0 Å². The lowest BCUT2D eigenvalue weighted by molar-refractivity contribution is -0.119. The Hall–Kier alpha value is -1.10. The summed E-state index contributed by atoms with van der Waals surface area (Å²) < 4.78 is 0. The summed E-state index contributed by atoms with van der Waals surface area (Å²) in [6.45, 7) is 0.707. The number of rotatable bonds is 3. The van der Waals surface area contributed by atoms with Gasteiger partial charge in [0.1, 0.15) is 6.04 Å². The maximum Gasteiger partial charge on any atom is 0.405 e. The molecule has 0 saturated carbocycles. The number of hydrogen-bond acceptors (Lipinski definition) is 3. The lowest BCUT2D eigenvalue weighted by Gasteiger charge is -2.08. The number of amides is 1. The van der Waals surface area contributed by atoms with Crippen LogP contribution in [-0.2, 0) is 4.79 Å². The minimum atomic E-state index is -1.31. The zero-order valence-corrected chi connectivity index (χ0v) is 5.50. The number of carboxylic acid groups (broad SMARTS) is 1. The van der Waals surface area contributed by atoms with Gasteiger partial charge in [-0.25, -0.2) is 4.79 Å². The molecule has 0 fully saturated rings. The van der Waals surface area contributed by atoms with Crippen LogP contribution in [0.1, 0.15) is 6.92 Å². The summed E-state index contributed by atoms with van der Waals surface area (Å²) >= 11 is 0. The summed E-state index contributed by atoms with van der Waals surface area (Å²) in [6, 6.07) is -0.988. The molecule has 0 aromatic heterocycles. The Kier molecular flexibility index (Phi) is 3.42. The van der Waals surface area contributed by atoms with Gasteiger partial charge in [-0.1, -0.05) is 0 Å². The van der Waals surface area contributed by atoms with E-state index in [1.54, 1.807) is 0 Å². The molecule has 0 aromatic carbocycles. The number of nitrogens with one attached hydrogen (secondary N) is 1. The lowest BCUT2D eigenvalue weighted by Crippen LogP contribution is -2.41. The molecular weight excluding hydrogens is 138 g/mol. The molecule has 1 unspecified atom stereocenters. The van der Waals surface area contributed by atoms with Gasteiger partial charge in [0.25, 0.3) is 0 Å². The van der Waals surface area contributed by atoms with Crippen LogP contribution >= 0.6 is 0 Å². The van der Waals surface area contributed by atoms with Crippen molar-refractivity contribution in [3.05, 3.63) is 0 Å². The fourth-order valence-corrected chi connectivity index (χ4v) is 0.425. The number of aliphatic hydroxyl groups excluding tert-OH is 1. The van der Waals surface area contributed by atoms with E-state index in [1.807, 2.05) is 5.32 Å². The van der Waals surface area contributed by atoms with Crippen molar-refractivity contribution in [1.82, 2.24) is 5.32 Å². The molecule has 1 atom stereocenters. The quantitative estimate of drug-likeness (QED) is 0.488. The normalized spacial score (nSPS) is 12.2. The molecule has 5 heteroatoms. The Morgan fingerprint density at radius 2 is 2.10 bits per heavy atom. The van der Waals surface area contributed by atoms with E-state index < -0.39 is 24.5 Å². The zero-order valence-electron chi connectivity index (χ0n) is 5.50. The van der Waals surface area contributed by atoms with E-state index >= 15 is 0 Å². The highest BCUT2D eigenvalue weighted by Gasteiger charge is 2.13. The molecular formula is C5H9NO4. The molecule has 0 heterocycles. The summed E-state index contributed by atoms with van der Waals surface area (Å²) in [5, 5.41) is 18.3. The van der Waals surface area contributed by atoms with Crippen molar-refractivity contribution in [2.45, 2.75) is 13.0 Å². The van der Waals surface area contributed by atoms with Gasteiger partial charge in [0.2, 0.25) is 0 Å². The first-order chi connectivity index (χ1) is 4.57.